The Morgan fingerprint density at radius 3 is 2.56 bits per heavy atom. The van der Waals surface area contributed by atoms with Crippen molar-refractivity contribution in [1.82, 2.24) is 4.98 Å². The first-order chi connectivity index (χ1) is 7.66. The Morgan fingerprint density at radius 1 is 1.12 bits per heavy atom. The van der Waals surface area contributed by atoms with Crippen LogP contribution in [0.3, 0.4) is 0 Å². The van der Waals surface area contributed by atoms with E-state index in [2.05, 4.69) is 16.8 Å². The fourth-order valence-corrected chi connectivity index (χ4v) is 1.33. The number of rotatable bonds is 0. The van der Waals surface area contributed by atoms with Crippen molar-refractivity contribution in [2.24, 2.45) is 0 Å². The molecule has 0 saturated carbocycles. The lowest BCUT2D eigenvalue weighted by Gasteiger charge is -1.93. The van der Waals surface area contributed by atoms with Gasteiger partial charge in [0.1, 0.15) is 17.3 Å². The standard InChI is InChI=1S/C12H6ClF2N/c13-10-5-6-16-12(10)4-2-8-1-3-9(14)7-11(8)15/h1,3,5-7,16H. The van der Waals surface area contributed by atoms with E-state index in [1.54, 1.807) is 12.3 Å². The minimum atomic E-state index is -0.685. The van der Waals surface area contributed by atoms with Gasteiger partial charge in [-0.05, 0) is 24.1 Å². The molecule has 16 heavy (non-hydrogen) atoms. The van der Waals surface area contributed by atoms with Crippen LogP contribution in [0.15, 0.2) is 30.5 Å². The van der Waals surface area contributed by atoms with E-state index in [0.717, 1.165) is 12.1 Å². The molecule has 0 aliphatic heterocycles. The summed E-state index contributed by atoms with van der Waals surface area (Å²) in [6.07, 6.45) is 1.63. The van der Waals surface area contributed by atoms with Crippen LogP contribution in [-0.4, -0.2) is 4.98 Å². The molecule has 1 aromatic carbocycles. The second kappa shape index (κ2) is 4.38. The second-order valence-corrected chi connectivity index (χ2v) is 3.48. The number of nitrogens with one attached hydrogen (secondary N) is 1. The van der Waals surface area contributed by atoms with Crippen LogP contribution < -0.4 is 0 Å². The van der Waals surface area contributed by atoms with Crippen LogP contribution >= 0.6 is 11.6 Å². The second-order valence-electron chi connectivity index (χ2n) is 3.07. The molecular formula is C12H6ClF2N. The molecule has 80 valence electrons. The predicted octanol–water partition coefficient (Wildman–Crippen LogP) is 3.35. The van der Waals surface area contributed by atoms with Crippen molar-refractivity contribution in [2.75, 3.05) is 0 Å². The quantitative estimate of drug-likeness (QED) is 0.677. The van der Waals surface area contributed by atoms with E-state index in [9.17, 15) is 8.78 Å². The Bertz CT molecular complexity index is 578. The maximum atomic E-state index is 13.2. The Balaban J connectivity index is 2.35. The summed E-state index contributed by atoms with van der Waals surface area (Å²) in [6.45, 7) is 0. The van der Waals surface area contributed by atoms with Crippen molar-refractivity contribution in [3.05, 3.63) is 58.4 Å². The first-order valence-corrected chi connectivity index (χ1v) is 4.84. The topological polar surface area (TPSA) is 15.8 Å². The fourth-order valence-electron chi connectivity index (χ4n) is 1.17. The molecule has 2 rings (SSSR count). The Labute approximate surface area is 96.1 Å². The third-order valence-electron chi connectivity index (χ3n) is 1.95. The zero-order valence-corrected chi connectivity index (χ0v) is 8.78. The number of benzene rings is 1. The third-order valence-corrected chi connectivity index (χ3v) is 2.26. The van der Waals surface area contributed by atoms with Crippen molar-refractivity contribution in [3.63, 3.8) is 0 Å². The average Bonchev–Trinajstić information content (AvgIpc) is 2.63. The first kappa shape index (κ1) is 10.7. The monoisotopic (exact) mass is 237 g/mol. The van der Waals surface area contributed by atoms with E-state index in [1.165, 1.54) is 6.07 Å². The number of aromatic nitrogens is 1. The molecule has 0 radical (unpaired) electrons. The summed E-state index contributed by atoms with van der Waals surface area (Å²) in [5, 5.41) is 0.468. The van der Waals surface area contributed by atoms with E-state index in [4.69, 9.17) is 11.6 Å². The molecular weight excluding hydrogens is 232 g/mol. The zero-order valence-electron chi connectivity index (χ0n) is 8.02. The molecule has 1 nitrogen and oxygen atoms in total. The van der Waals surface area contributed by atoms with Crippen molar-refractivity contribution in [2.45, 2.75) is 0 Å². The van der Waals surface area contributed by atoms with Crippen LogP contribution in [0.25, 0.3) is 0 Å². The largest absolute Gasteiger partial charge is 0.354 e. The fraction of sp³-hybridized carbons (Fsp3) is 0. The average molecular weight is 238 g/mol. The number of halogens is 3. The zero-order chi connectivity index (χ0) is 11.5. The lowest BCUT2D eigenvalue weighted by atomic mass is 10.2. The smallest absolute Gasteiger partial charge is 0.141 e. The lowest BCUT2D eigenvalue weighted by Crippen LogP contribution is -1.85. The minimum Gasteiger partial charge on any atom is -0.354 e. The summed E-state index contributed by atoms with van der Waals surface area (Å²) in [5.41, 5.74) is 0.637. The summed E-state index contributed by atoms with van der Waals surface area (Å²) in [7, 11) is 0. The Hall–Kier alpha value is -1.79. The van der Waals surface area contributed by atoms with E-state index >= 15 is 0 Å². The molecule has 0 saturated heterocycles. The van der Waals surface area contributed by atoms with Gasteiger partial charge in [0.2, 0.25) is 0 Å². The molecule has 0 fully saturated rings. The van der Waals surface area contributed by atoms with Crippen LogP contribution in [0.2, 0.25) is 5.02 Å². The molecule has 0 unspecified atom stereocenters. The summed E-state index contributed by atoms with van der Waals surface area (Å²) >= 11 is 5.78. The van der Waals surface area contributed by atoms with Gasteiger partial charge in [0.05, 0.1) is 10.6 Å². The van der Waals surface area contributed by atoms with Gasteiger partial charge in [0, 0.05) is 12.3 Å². The summed E-state index contributed by atoms with van der Waals surface area (Å²) in [5.74, 6) is 3.94. The number of hydrogen-bond donors (Lipinski definition) is 1. The highest BCUT2D eigenvalue weighted by molar-refractivity contribution is 6.31. The molecule has 4 heteroatoms. The molecule has 0 bridgehead atoms. The number of hydrogen-bond acceptors (Lipinski definition) is 0. The van der Waals surface area contributed by atoms with E-state index < -0.39 is 11.6 Å². The maximum absolute atomic E-state index is 13.2. The van der Waals surface area contributed by atoms with Crippen LogP contribution in [0.1, 0.15) is 11.3 Å². The molecule has 1 N–H and O–H groups in total. The van der Waals surface area contributed by atoms with Crippen LogP contribution in [0.5, 0.6) is 0 Å². The maximum Gasteiger partial charge on any atom is 0.141 e. The van der Waals surface area contributed by atoms with Gasteiger partial charge in [-0.2, -0.15) is 0 Å². The van der Waals surface area contributed by atoms with Gasteiger partial charge in [-0.1, -0.05) is 17.5 Å². The first-order valence-electron chi connectivity index (χ1n) is 4.47. The van der Waals surface area contributed by atoms with Gasteiger partial charge in [0.25, 0.3) is 0 Å². The van der Waals surface area contributed by atoms with Crippen molar-refractivity contribution >= 4 is 11.6 Å². The molecule has 0 amide bonds. The lowest BCUT2D eigenvalue weighted by molar-refractivity contribution is 0.581. The van der Waals surface area contributed by atoms with Crippen LogP contribution in [0.4, 0.5) is 8.78 Å². The summed E-state index contributed by atoms with van der Waals surface area (Å²) in [6, 6.07) is 4.88. The number of H-pyrrole nitrogens is 1. The van der Waals surface area contributed by atoms with Gasteiger partial charge >= 0.3 is 0 Å². The Kier molecular flexibility index (Phi) is 2.93. The molecule has 1 aromatic heterocycles. The van der Waals surface area contributed by atoms with Gasteiger partial charge in [0.15, 0.2) is 0 Å². The SMILES string of the molecule is Fc1ccc(C#Cc2[nH]ccc2Cl)c(F)c1. The molecule has 2 aromatic rings. The normalized spacial score (nSPS) is 9.69. The van der Waals surface area contributed by atoms with Crippen molar-refractivity contribution in [3.8, 4) is 11.8 Å². The summed E-state index contributed by atoms with van der Waals surface area (Å²) < 4.78 is 25.8. The van der Waals surface area contributed by atoms with Gasteiger partial charge in [-0.3, -0.25) is 0 Å². The molecule has 0 aliphatic rings. The van der Waals surface area contributed by atoms with E-state index in [1.807, 2.05) is 0 Å². The van der Waals surface area contributed by atoms with Gasteiger partial charge in [-0.25, -0.2) is 8.78 Å². The van der Waals surface area contributed by atoms with Crippen molar-refractivity contribution < 1.29 is 8.78 Å². The molecule has 1 heterocycles. The third kappa shape index (κ3) is 2.23. The van der Waals surface area contributed by atoms with Gasteiger partial charge < -0.3 is 4.98 Å². The molecule has 0 spiro atoms. The van der Waals surface area contributed by atoms with Crippen LogP contribution in [0, 0.1) is 23.5 Å². The van der Waals surface area contributed by atoms with Gasteiger partial charge in [-0.15, -0.1) is 0 Å². The minimum absolute atomic E-state index is 0.132. The van der Waals surface area contributed by atoms with Crippen molar-refractivity contribution in [1.29, 1.82) is 0 Å². The summed E-state index contributed by atoms with van der Waals surface area (Å²) in [4.78, 5) is 2.80. The molecule has 0 atom stereocenters. The highest BCUT2D eigenvalue weighted by Crippen LogP contribution is 2.12. The predicted molar refractivity (Wildman–Crippen MR) is 58.1 cm³/mol. The molecule has 0 aliphatic carbocycles. The van der Waals surface area contributed by atoms with E-state index in [0.29, 0.717) is 10.7 Å². The van der Waals surface area contributed by atoms with E-state index in [-0.39, 0.29) is 5.56 Å². The van der Waals surface area contributed by atoms with Crippen LogP contribution in [-0.2, 0) is 0 Å². The Morgan fingerprint density at radius 2 is 1.94 bits per heavy atom. The number of aromatic amines is 1. The highest BCUT2D eigenvalue weighted by atomic mass is 35.5. The highest BCUT2D eigenvalue weighted by Gasteiger charge is 2.01.